The molecule has 0 saturated carbocycles. The van der Waals surface area contributed by atoms with E-state index >= 15 is 0 Å². The summed E-state index contributed by atoms with van der Waals surface area (Å²) < 4.78 is 23.5. The van der Waals surface area contributed by atoms with Gasteiger partial charge in [-0.05, 0) is 71.8 Å². The molecular weight excluding hydrogens is 504 g/mol. The van der Waals surface area contributed by atoms with Crippen LogP contribution in [-0.2, 0) is 12.8 Å². The second-order valence-electron chi connectivity index (χ2n) is 9.60. The summed E-state index contributed by atoms with van der Waals surface area (Å²) in [5, 5.41) is 0. The highest BCUT2D eigenvalue weighted by Gasteiger charge is 2.24. The van der Waals surface area contributed by atoms with Crippen LogP contribution in [0.25, 0.3) is 0 Å². The van der Waals surface area contributed by atoms with Gasteiger partial charge >= 0.3 is 11.9 Å². The number of rotatable bonds is 4. The molecule has 5 aromatic carbocycles. The van der Waals surface area contributed by atoms with Gasteiger partial charge in [-0.25, -0.2) is 9.59 Å². The minimum atomic E-state index is -0.528. The van der Waals surface area contributed by atoms with Gasteiger partial charge < -0.3 is 18.9 Å². The lowest BCUT2D eigenvalue weighted by Gasteiger charge is -2.22. The number of carbonyl (C=O) groups excluding carboxylic acids is 2. The van der Waals surface area contributed by atoms with Gasteiger partial charge in [0.2, 0.25) is 0 Å². The fourth-order valence-corrected chi connectivity index (χ4v) is 5.00. The third-order valence-electron chi connectivity index (χ3n) is 7.06. The molecule has 0 spiro atoms. The van der Waals surface area contributed by atoms with Gasteiger partial charge in [-0.1, -0.05) is 48.5 Å². The first-order chi connectivity index (χ1) is 19.6. The van der Waals surface area contributed by atoms with E-state index in [1.54, 1.807) is 48.5 Å². The van der Waals surface area contributed by atoms with E-state index in [0.29, 0.717) is 47.0 Å². The molecule has 6 nitrogen and oxygen atoms in total. The van der Waals surface area contributed by atoms with Crippen LogP contribution in [0.3, 0.4) is 0 Å². The summed E-state index contributed by atoms with van der Waals surface area (Å²) >= 11 is 0. The molecular formula is C34H22O6. The molecule has 0 aliphatic carbocycles. The Morgan fingerprint density at radius 1 is 0.475 bits per heavy atom. The summed E-state index contributed by atoms with van der Waals surface area (Å²) in [6, 6.07) is 32.6. The molecule has 194 valence electrons. The van der Waals surface area contributed by atoms with Crippen molar-refractivity contribution in [3.63, 3.8) is 0 Å². The molecule has 7 rings (SSSR count). The van der Waals surface area contributed by atoms with Crippen LogP contribution in [0, 0.1) is 0 Å². The van der Waals surface area contributed by atoms with E-state index in [-0.39, 0.29) is 0 Å². The molecule has 0 fully saturated rings. The maximum absolute atomic E-state index is 13.0. The van der Waals surface area contributed by atoms with Crippen molar-refractivity contribution in [3.05, 3.63) is 143 Å². The van der Waals surface area contributed by atoms with E-state index in [4.69, 9.17) is 18.9 Å². The van der Waals surface area contributed by atoms with Crippen molar-refractivity contribution in [2.75, 3.05) is 0 Å². The van der Waals surface area contributed by atoms with Gasteiger partial charge in [-0.2, -0.15) is 0 Å². The molecule has 40 heavy (non-hydrogen) atoms. The Kier molecular flexibility index (Phi) is 5.78. The minimum absolute atomic E-state index is 0.313. The van der Waals surface area contributed by atoms with Crippen LogP contribution in [0.15, 0.2) is 109 Å². The van der Waals surface area contributed by atoms with Gasteiger partial charge in [0.05, 0.1) is 11.1 Å². The van der Waals surface area contributed by atoms with E-state index in [9.17, 15) is 9.59 Å². The highest BCUT2D eigenvalue weighted by molar-refractivity contribution is 5.95. The predicted molar refractivity (Wildman–Crippen MR) is 148 cm³/mol. The number of fused-ring (bicyclic) bond motifs is 4. The number of hydrogen-bond acceptors (Lipinski definition) is 6. The number of hydrogen-bond donors (Lipinski definition) is 0. The quantitative estimate of drug-likeness (QED) is 0.175. The SMILES string of the molecule is O=C(Oc1cccc2c1Cc1ccccc1O2)c1ccc(C(=O)Oc2cccc3c2Cc2ccccc2O3)cc1. The van der Waals surface area contributed by atoms with Gasteiger partial charge in [0, 0.05) is 24.0 Å². The average Bonchev–Trinajstić information content (AvgIpc) is 2.99. The van der Waals surface area contributed by atoms with Crippen LogP contribution in [0.2, 0.25) is 0 Å². The highest BCUT2D eigenvalue weighted by Crippen LogP contribution is 2.42. The second kappa shape index (κ2) is 9.75. The summed E-state index contributed by atoms with van der Waals surface area (Å²) in [6.45, 7) is 0. The average molecular weight is 527 g/mol. The van der Waals surface area contributed by atoms with Crippen molar-refractivity contribution in [3.8, 4) is 34.5 Å². The standard InChI is InChI=1S/C34H22O6/c35-33(39-31-13-5-11-29-25(31)19-23-7-1-3-9-27(23)37-29)21-15-17-22(18-16-21)34(36)40-32-14-6-12-30-26(32)20-24-8-2-4-10-28(24)38-30/h1-18H,19-20H2. The molecule has 0 radical (unpaired) electrons. The third kappa shape index (κ3) is 4.35. The van der Waals surface area contributed by atoms with Crippen LogP contribution < -0.4 is 18.9 Å². The predicted octanol–water partition coefficient (Wildman–Crippen LogP) is 7.52. The van der Waals surface area contributed by atoms with Gasteiger partial charge in [0.25, 0.3) is 0 Å². The molecule has 0 atom stereocenters. The molecule has 2 heterocycles. The zero-order valence-electron chi connectivity index (χ0n) is 21.3. The van der Waals surface area contributed by atoms with Crippen LogP contribution in [0.5, 0.6) is 34.5 Å². The zero-order chi connectivity index (χ0) is 27.1. The van der Waals surface area contributed by atoms with Crippen molar-refractivity contribution in [1.82, 2.24) is 0 Å². The largest absolute Gasteiger partial charge is 0.457 e. The molecule has 5 aromatic rings. The lowest BCUT2D eigenvalue weighted by molar-refractivity contribution is 0.0718. The summed E-state index contributed by atoms with van der Waals surface area (Å²) in [4.78, 5) is 26.0. The topological polar surface area (TPSA) is 71.1 Å². The van der Waals surface area contributed by atoms with Crippen molar-refractivity contribution < 1.29 is 28.5 Å². The van der Waals surface area contributed by atoms with E-state index in [1.807, 2.05) is 60.7 Å². The Balaban J connectivity index is 1.06. The van der Waals surface area contributed by atoms with Crippen molar-refractivity contribution in [1.29, 1.82) is 0 Å². The number of benzene rings is 5. The smallest absolute Gasteiger partial charge is 0.343 e. The lowest BCUT2D eigenvalue weighted by atomic mass is 9.99. The van der Waals surface area contributed by atoms with Crippen LogP contribution >= 0.6 is 0 Å². The van der Waals surface area contributed by atoms with Gasteiger partial charge in [-0.15, -0.1) is 0 Å². The summed E-state index contributed by atoms with van der Waals surface area (Å²) in [6.07, 6.45) is 1.19. The second-order valence-corrected chi connectivity index (χ2v) is 9.60. The maximum Gasteiger partial charge on any atom is 0.343 e. The molecule has 0 unspecified atom stereocenters. The monoisotopic (exact) mass is 526 g/mol. The van der Waals surface area contributed by atoms with Gasteiger partial charge in [0.15, 0.2) is 0 Å². The molecule has 0 saturated heterocycles. The normalized spacial score (nSPS) is 12.4. The van der Waals surface area contributed by atoms with E-state index in [2.05, 4.69) is 0 Å². The maximum atomic E-state index is 13.0. The Morgan fingerprint density at radius 3 is 1.32 bits per heavy atom. The summed E-state index contributed by atoms with van der Waals surface area (Å²) in [7, 11) is 0. The number of carbonyl (C=O) groups is 2. The molecule has 6 heteroatoms. The minimum Gasteiger partial charge on any atom is -0.457 e. The Hall–Kier alpha value is -5.36. The molecule has 2 aliphatic rings. The third-order valence-corrected chi connectivity index (χ3v) is 7.06. The van der Waals surface area contributed by atoms with E-state index < -0.39 is 11.9 Å². The van der Waals surface area contributed by atoms with Crippen LogP contribution in [0.1, 0.15) is 43.0 Å². The Morgan fingerprint density at radius 2 is 0.875 bits per heavy atom. The Labute approximate surface area is 230 Å². The van der Waals surface area contributed by atoms with E-state index in [0.717, 1.165) is 33.8 Å². The molecule has 0 bridgehead atoms. The van der Waals surface area contributed by atoms with Crippen molar-refractivity contribution >= 4 is 11.9 Å². The highest BCUT2D eigenvalue weighted by atomic mass is 16.5. The molecule has 0 aromatic heterocycles. The number of para-hydroxylation sites is 2. The first-order valence-electron chi connectivity index (χ1n) is 12.9. The Bertz CT molecular complexity index is 1660. The lowest BCUT2D eigenvalue weighted by Crippen LogP contribution is -2.14. The number of ether oxygens (including phenoxy) is 4. The number of esters is 2. The fourth-order valence-electron chi connectivity index (χ4n) is 5.00. The summed E-state index contributed by atoms with van der Waals surface area (Å²) in [5.41, 5.74) is 4.30. The first kappa shape index (κ1) is 23.7. The molecule has 2 aliphatic heterocycles. The summed E-state index contributed by atoms with van der Waals surface area (Å²) in [5.74, 6) is 2.76. The van der Waals surface area contributed by atoms with Gasteiger partial charge in [-0.3, -0.25) is 0 Å². The zero-order valence-corrected chi connectivity index (χ0v) is 21.3. The molecule has 0 N–H and O–H groups in total. The molecule has 0 amide bonds. The first-order valence-corrected chi connectivity index (χ1v) is 12.9. The van der Waals surface area contributed by atoms with Crippen molar-refractivity contribution in [2.24, 2.45) is 0 Å². The van der Waals surface area contributed by atoms with Gasteiger partial charge in [0.1, 0.15) is 34.5 Å². The van der Waals surface area contributed by atoms with Crippen LogP contribution in [0.4, 0.5) is 0 Å². The van der Waals surface area contributed by atoms with Crippen molar-refractivity contribution in [2.45, 2.75) is 12.8 Å². The van der Waals surface area contributed by atoms with Crippen LogP contribution in [-0.4, -0.2) is 11.9 Å². The van der Waals surface area contributed by atoms with E-state index in [1.165, 1.54) is 0 Å². The fraction of sp³-hybridized carbons (Fsp3) is 0.0588.